The fraction of sp³-hybridized carbons (Fsp3) is 0.696. The number of rotatable bonds is 5. The van der Waals surface area contributed by atoms with Gasteiger partial charge in [0.05, 0.1) is 12.7 Å². The first-order chi connectivity index (χ1) is 13.1. The molecule has 0 N–H and O–H groups in total. The molecule has 0 amide bonds. The Morgan fingerprint density at radius 3 is 2.74 bits per heavy atom. The summed E-state index contributed by atoms with van der Waals surface area (Å²) in [5.41, 5.74) is 1.41. The summed E-state index contributed by atoms with van der Waals surface area (Å²) in [5, 5.41) is 0. The van der Waals surface area contributed by atoms with Crippen molar-refractivity contribution >= 4 is 5.78 Å². The molecule has 1 aliphatic heterocycles. The zero-order chi connectivity index (χ0) is 18.9. The molecule has 1 heterocycles. The van der Waals surface area contributed by atoms with E-state index < -0.39 is 0 Å². The number of Topliss-reactive ketones (excluding diaryl/α,β-unsaturated/α-hetero) is 1. The van der Waals surface area contributed by atoms with Crippen molar-refractivity contribution in [1.29, 1.82) is 0 Å². The topological polar surface area (TPSA) is 38.8 Å². The summed E-state index contributed by atoms with van der Waals surface area (Å²) >= 11 is 0. The number of benzene rings is 1. The zero-order valence-electron chi connectivity index (χ0n) is 16.8. The predicted molar refractivity (Wildman–Crippen MR) is 107 cm³/mol. The molecular formula is C23H33NO3. The van der Waals surface area contributed by atoms with Gasteiger partial charge in [-0.1, -0.05) is 12.5 Å². The number of carbonyl (C=O) groups excluding carboxylic acids is 1. The van der Waals surface area contributed by atoms with Gasteiger partial charge in [-0.3, -0.25) is 4.79 Å². The van der Waals surface area contributed by atoms with Crippen molar-refractivity contribution in [1.82, 2.24) is 4.90 Å². The molecule has 3 aliphatic rings. The fourth-order valence-corrected chi connectivity index (χ4v) is 5.47. The van der Waals surface area contributed by atoms with Crippen LogP contribution in [0.15, 0.2) is 18.2 Å². The molecule has 1 saturated heterocycles. The van der Waals surface area contributed by atoms with Crippen LogP contribution in [0, 0.1) is 0 Å². The highest BCUT2D eigenvalue weighted by Crippen LogP contribution is 2.49. The Balaban J connectivity index is 1.66. The molecule has 2 aliphatic carbocycles. The minimum atomic E-state index is 0.0814. The molecule has 0 bridgehead atoms. The van der Waals surface area contributed by atoms with Crippen molar-refractivity contribution in [2.75, 3.05) is 20.2 Å². The number of nitrogens with zero attached hydrogens (tertiary/aromatic N) is 1. The first-order valence-electron chi connectivity index (χ1n) is 10.8. The number of hydrogen-bond acceptors (Lipinski definition) is 4. The smallest absolute Gasteiger partial charge is 0.161 e. The number of likely N-dealkylation sites (N-methyl/N-ethyl adjacent to an activating group) is 1. The molecule has 148 valence electrons. The molecule has 3 fully saturated rings. The summed E-state index contributed by atoms with van der Waals surface area (Å²) in [7, 11) is 2.17. The van der Waals surface area contributed by atoms with E-state index >= 15 is 0 Å². The highest BCUT2D eigenvalue weighted by molar-refractivity contribution is 5.81. The van der Waals surface area contributed by atoms with Gasteiger partial charge in [-0.2, -0.15) is 0 Å². The van der Waals surface area contributed by atoms with E-state index in [0.29, 0.717) is 37.4 Å². The van der Waals surface area contributed by atoms with E-state index in [0.717, 1.165) is 43.7 Å². The van der Waals surface area contributed by atoms with Crippen LogP contribution in [0.4, 0.5) is 0 Å². The molecule has 0 unspecified atom stereocenters. The fourth-order valence-electron chi connectivity index (χ4n) is 5.47. The van der Waals surface area contributed by atoms with E-state index in [1.807, 2.05) is 6.92 Å². The first-order valence-corrected chi connectivity index (χ1v) is 10.8. The van der Waals surface area contributed by atoms with Crippen LogP contribution in [0.1, 0.15) is 70.3 Å². The van der Waals surface area contributed by atoms with Crippen LogP contribution in [0.5, 0.6) is 11.5 Å². The first kappa shape index (κ1) is 18.8. The number of fused-ring (bicyclic) bond motifs is 1. The average molecular weight is 372 g/mol. The van der Waals surface area contributed by atoms with Crippen LogP contribution in [0.2, 0.25) is 0 Å². The second kappa shape index (κ2) is 7.83. The Labute approximate surface area is 163 Å². The summed E-state index contributed by atoms with van der Waals surface area (Å²) in [5.74, 6) is 2.17. The van der Waals surface area contributed by atoms with Crippen molar-refractivity contribution in [3.8, 4) is 11.5 Å². The van der Waals surface area contributed by atoms with Crippen molar-refractivity contribution < 1.29 is 14.3 Å². The van der Waals surface area contributed by atoms with Crippen LogP contribution in [0.3, 0.4) is 0 Å². The SMILES string of the molecule is CCOc1ccc([C@@]23CCC(=O)C[C@@H]2N(C)CC3)cc1OC1CCCCC1. The number of ketones is 1. The summed E-state index contributed by atoms with van der Waals surface area (Å²) in [6, 6.07) is 6.87. The van der Waals surface area contributed by atoms with Gasteiger partial charge < -0.3 is 14.4 Å². The molecule has 4 heteroatoms. The van der Waals surface area contributed by atoms with Gasteiger partial charge in [0.2, 0.25) is 0 Å². The van der Waals surface area contributed by atoms with Gasteiger partial charge in [0.15, 0.2) is 11.5 Å². The number of likely N-dealkylation sites (tertiary alicyclic amines) is 1. The molecule has 2 atom stereocenters. The molecular weight excluding hydrogens is 338 g/mol. The molecule has 27 heavy (non-hydrogen) atoms. The third-order valence-corrected chi connectivity index (χ3v) is 7.02. The quantitative estimate of drug-likeness (QED) is 0.764. The molecule has 0 spiro atoms. The molecule has 2 saturated carbocycles. The molecule has 0 radical (unpaired) electrons. The lowest BCUT2D eigenvalue weighted by Gasteiger charge is -2.41. The van der Waals surface area contributed by atoms with Crippen molar-refractivity contribution in [3.05, 3.63) is 23.8 Å². The standard InChI is InChI=1S/C23H33NO3/c1-3-26-20-10-9-17(15-21(20)27-19-7-5-4-6-8-19)23-12-11-18(25)16-22(23)24(2)14-13-23/h9-10,15,19,22H,3-8,11-14,16H2,1-2H3/t22-,23-/m0/s1. The van der Waals surface area contributed by atoms with Crippen LogP contribution < -0.4 is 9.47 Å². The highest BCUT2D eigenvalue weighted by Gasteiger charge is 2.50. The van der Waals surface area contributed by atoms with Gasteiger partial charge in [0.1, 0.15) is 5.78 Å². The Morgan fingerprint density at radius 1 is 1.15 bits per heavy atom. The van der Waals surface area contributed by atoms with Gasteiger partial charge in [-0.25, -0.2) is 0 Å². The van der Waals surface area contributed by atoms with E-state index in [1.54, 1.807) is 0 Å². The van der Waals surface area contributed by atoms with Gasteiger partial charge >= 0.3 is 0 Å². The van der Waals surface area contributed by atoms with Gasteiger partial charge in [-0.05, 0) is 76.7 Å². The molecule has 4 rings (SSSR count). The summed E-state index contributed by atoms with van der Waals surface area (Å²) < 4.78 is 12.3. The van der Waals surface area contributed by atoms with E-state index in [1.165, 1.54) is 24.8 Å². The maximum absolute atomic E-state index is 12.1. The van der Waals surface area contributed by atoms with E-state index in [2.05, 4.69) is 30.1 Å². The van der Waals surface area contributed by atoms with E-state index in [9.17, 15) is 4.79 Å². The van der Waals surface area contributed by atoms with E-state index in [4.69, 9.17) is 9.47 Å². The predicted octanol–water partition coefficient (Wildman–Crippen LogP) is 4.49. The van der Waals surface area contributed by atoms with Crippen LogP contribution in [-0.4, -0.2) is 43.0 Å². The van der Waals surface area contributed by atoms with Crippen molar-refractivity contribution in [3.63, 3.8) is 0 Å². The number of ether oxygens (including phenoxy) is 2. The monoisotopic (exact) mass is 371 g/mol. The maximum atomic E-state index is 12.1. The van der Waals surface area contributed by atoms with Crippen LogP contribution in [-0.2, 0) is 10.2 Å². The van der Waals surface area contributed by atoms with Crippen molar-refractivity contribution in [2.24, 2.45) is 0 Å². The van der Waals surface area contributed by atoms with Crippen LogP contribution in [0.25, 0.3) is 0 Å². The minimum absolute atomic E-state index is 0.0814. The lowest BCUT2D eigenvalue weighted by Crippen LogP contribution is -2.46. The Morgan fingerprint density at radius 2 is 1.96 bits per heavy atom. The lowest BCUT2D eigenvalue weighted by molar-refractivity contribution is -0.122. The third-order valence-electron chi connectivity index (χ3n) is 7.02. The lowest BCUT2D eigenvalue weighted by atomic mass is 9.66. The van der Waals surface area contributed by atoms with Gasteiger partial charge in [-0.15, -0.1) is 0 Å². The summed E-state index contributed by atoms with van der Waals surface area (Å²) in [6.07, 6.45) is 9.89. The van der Waals surface area contributed by atoms with Gasteiger partial charge in [0, 0.05) is 24.3 Å². The molecule has 4 nitrogen and oxygen atoms in total. The summed E-state index contributed by atoms with van der Waals surface area (Å²) in [6.45, 7) is 3.72. The number of carbonyl (C=O) groups is 1. The Hall–Kier alpha value is -1.55. The number of hydrogen-bond donors (Lipinski definition) is 0. The molecule has 0 aromatic heterocycles. The van der Waals surface area contributed by atoms with Crippen molar-refractivity contribution in [2.45, 2.75) is 82.3 Å². The second-order valence-corrected chi connectivity index (χ2v) is 8.62. The highest BCUT2D eigenvalue weighted by atomic mass is 16.5. The largest absolute Gasteiger partial charge is 0.490 e. The average Bonchev–Trinajstić information content (AvgIpc) is 3.02. The third kappa shape index (κ3) is 3.61. The normalized spacial score (nSPS) is 29.6. The van der Waals surface area contributed by atoms with E-state index in [-0.39, 0.29) is 5.41 Å². The second-order valence-electron chi connectivity index (χ2n) is 8.62. The minimum Gasteiger partial charge on any atom is -0.490 e. The van der Waals surface area contributed by atoms with Crippen LogP contribution >= 0.6 is 0 Å². The molecule has 1 aromatic carbocycles. The Bertz CT molecular complexity index is 682. The summed E-state index contributed by atoms with van der Waals surface area (Å²) in [4.78, 5) is 14.5. The Kier molecular flexibility index (Phi) is 5.45. The molecule has 1 aromatic rings. The zero-order valence-corrected chi connectivity index (χ0v) is 16.8. The van der Waals surface area contributed by atoms with Gasteiger partial charge in [0.25, 0.3) is 0 Å². The maximum Gasteiger partial charge on any atom is 0.161 e.